The molecule has 1 aromatic heterocycles. The first-order valence-electron chi connectivity index (χ1n) is 7.87. The van der Waals surface area contributed by atoms with E-state index in [0.717, 1.165) is 36.6 Å². The lowest BCUT2D eigenvalue weighted by molar-refractivity contribution is 0.0126. The topological polar surface area (TPSA) is 66.2 Å². The van der Waals surface area contributed by atoms with Crippen molar-refractivity contribution in [2.75, 3.05) is 12.3 Å². The summed E-state index contributed by atoms with van der Waals surface area (Å²) < 4.78 is 5.52. The number of nitrogens with zero attached hydrogens (tertiary/aromatic N) is 3. The summed E-state index contributed by atoms with van der Waals surface area (Å²) in [5.74, 6) is 0.765. The Morgan fingerprint density at radius 3 is 3.00 bits per heavy atom. The lowest BCUT2D eigenvalue weighted by Crippen LogP contribution is -2.47. The highest BCUT2D eigenvalue weighted by Gasteiger charge is 2.30. The van der Waals surface area contributed by atoms with E-state index in [0.29, 0.717) is 5.56 Å². The molecule has 2 rings (SSSR count). The molecule has 124 valence electrons. The number of carbonyl (C=O) groups excluding carboxylic acids is 1. The number of nitriles is 1. The minimum Gasteiger partial charge on any atom is -0.444 e. The van der Waals surface area contributed by atoms with Crippen LogP contribution >= 0.6 is 11.8 Å². The monoisotopic (exact) mass is 333 g/mol. The minimum atomic E-state index is -0.477. The molecule has 1 aliphatic rings. The molecule has 1 atom stereocenters. The highest BCUT2D eigenvalue weighted by Crippen LogP contribution is 2.26. The van der Waals surface area contributed by atoms with Crippen LogP contribution in [0, 0.1) is 11.3 Å². The van der Waals surface area contributed by atoms with Crippen LogP contribution in [0.25, 0.3) is 0 Å². The molecule has 0 radical (unpaired) electrons. The first kappa shape index (κ1) is 17.6. The maximum atomic E-state index is 12.4. The number of carbonyl (C=O) groups is 1. The molecule has 1 aromatic rings. The number of hydrogen-bond acceptors (Lipinski definition) is 5. The number of amides is 1. The van der Waals surface area contributed by atoms with Gasteiger partial charge in [0.05, 0.1) is 16.7 Å². The van der Waals surface area contributed by atoms with Gasteiger partial charge in [0.25, 0.3) is 0 Å². The number of ether oxygens (including phenoxy) is 1. The number of likely N-dealkylation sites (tertiary alicyclic amines) is 1. The third kappa shape index (κ3) is 5.43. The largest absolute Gasteiger partial charge is 0.444 e. The lowest BCUT2D eigenvalue weighted by Gasteiger charge is -2.36. The zero-order valence-corrected chi connectivity index (χ0v) is 14.7. The molecule has 0 spiro atoms. The van der Waals surface area contributed by atoms with Crippen molar-refractivity contribution in [3.63, 3.8) is 0 Å². The molecule has 2 heterocycles. The number of thioether (sulfide) groups is 1. The van der Waals surface area contributed by atoms with Crippen LogP contribution in [0.3, 0.4) is 0 Å². The number of pyridine rings is 1. The van der Waals surface area contributed by atoms with Gasteiger partial charge in [0, 0.05) is 24.5 Å². The standard InChI is InChI=1S/C17H23N3O2S/c1-17(2,3)22-16(21)20-9-5-4-6-14(20)12-23-15-10-13(11-18)7-8-19-15/h7-8,10,14H,4-6,9,12H2,1-3H3/t14-/m1/s1. The third-order valence-corrected chi connectivity index (χ3v) is 4.61. The van der Waals surface area contributed by atoms with E-state index in [1.807, 2.05) is 25.7 Å². The van der Waals surface area contributed by atoms with E-state index in [2.05, 4.69) is 11.1 Å². The van der Waals surface area contributed by atoms with Crippen LogP contribution in [0.2, 0.25) is 0 Å². The lowest BCUT2D eigenvalue weighted by atomic mass is 10.0. The van der Waals surface area contributed by atoms with Gasteiger partial charge in [-0.15, -0.1) is 11.8 Å². The Morgan fingerprint density at radius 1 is 1.52 bits per heavy atom. The molecule has 0 unspecified atom stereocenters. The Labute approximate surface area is 142 Å². The first-order chi connectivity index (χ1) is 10.9. The molecule has 0 aromatic carbocycles. The molecule has 6 heteroatoms. The first-order valence-corrected chi connectivity index (χ1v) is 8.86. The van der Waals surface area contributed by atoms with Gasteiger partial charge < -0.3 is 9.64 Å². The van der Waals surface area contributed by atoms with Crippen molar-refractivity contribution in [3.05, 3.63) is 23.9 Å². The summed E-state index contributed by atoms with van der Waals surface area (Å²) in [6, 6.07) is 5.74. The molecule has 0 bridgehead atoms. The summed E-state index contributed by atoms with van der Waals surface area (Å²) in [4.78, 5) is 18.5. The van der Waals surface area contributed by atoms with Crippen molar-refractivity contribution in [3.8, 4) is 6.07 Å². The molecule has 0 N–H and O–H groups in total. The highest BCUT2D eigenvalue weighted by atomic mass is 32.2. The Hall–Kier alpha value is -1.74. The van der Waals surface area contributed by atoms with Gasteiger partial charge in [-0.1, -0.05) is 0 Å². The molecular formula is C17H23N3O2S. The van der Waals surface area contributed by atoms with Crippen molar-refractivity contribution in [2.45, 2.75) is 56.7 Å². The van der Waals surface area contributed by atoms with Crippen molar-refractivity contribution in [1.29, 1.82) is 5.26 Å². The van der Waals surface area contributed by atoms with Gasteiger partial charge in [-0.05, 0) is 52.2 Å². The zero-order valence-electron chi connectivity index (χ0n) is 13.9. The number of hydrogen-bond donors (Lipinski definition) is 0. The maximum absolute atomic E-state index is 12.4. The van der Waals surface area contributed by atoms with E-state index >= 15 is 0 Å². The third-order valence-electron chi connectivity index (χ3n) is 3.54. The molecule has 1 fully saturated rings. The van der Waals surface area contributed by atoms with Gasteiger partial charge in [0.15, 0.2) is 0 Å². The average Bonchev–Trinajstić information content (AvgIpc) is 2.52. The van der Waals surface area contributed by atoms with Crippen LogP contribution in [0.4, 0.5) is 4.79 Å². The van der Waals surface area contributed by atoms with Crippen molar-refractivity contribution in [1.82, 2.24) is 9.88 Å². The number of aromatic nitrogens is 1. The molecule has 0 saturated carbocycles. The zero-order chi connectivity index (χ0) is 16.9. The van der Waals surface area contributed by atoms with Gasteiger partial charge in [0.2, 0.25) is 0 Å². The molecule has 23 heavy (non-hydrogen) atoms. The van der Waals surface area contributed by atoms with Crippen LogP contribution in [-0.2, 0) is 4.74 Å². The van der Waals surface area contributed by atoms with Gasteiger partial charge in [-0.25, -0.2) is 9.78 Å². The van der Waals surface area contributed by atoms with Crippen LogP contribution in [0.1, 0.15) is 45.6 Å². The Balaban J connectivity index is 1.98. The predicted molar refractivity (Wildman–Crippen MR) is 90.3 cm³/mol. The summed E-state index contributed by atoms with van der Waals surface area (Å²) in [5, 5.41) is 9.76. The normalized spacial score (nSPS) is 18.3. The molecule has 5 nitrogen and oxygen atoms in total. The smallest absolute Gasteiger partial charge is 0.410 e. The molecule has 1 amide bonds. The summed E-state index contributed by atoms with van der Waals surface area (Å²) in [6.07, 6.45) is 4.53. The molecule has 0 aliphatic carbocycles. The van der Waals surface area contributed by atoms with E-state index in [-0.39, 0.29) is 12.1 Å². The van der Waals surface area contributed by atoms with E-state index in [1.165, 1.54) is 0 Å². The van der Waals surface area contributed by atoms with Crippen LogP contribution in [0.5, 0.6) is 0 Å². The van der Waals surface area contributed by atoms with Crippen molar-refractivity contribution >= 4 is 17.9 Å². The van der Waals surface area contributed by atoms with Gasteiger partial charge in [0.1, 0.15) is 5.60 Å². The second-order valence-corrected chi connectivity index (χ2v) is 7.67. The minimum absolute atomic E-state index is 0.149. The van der Waals surface area contributed by atoms with E-state index in [1.54, 1.807) is 30.1 Å². The summed E-state index contributed by atoms with van der Waals surface area (Å²) in [5.41, 5.74) is 0.129. The van der Waals surface area contributed by atoms with E-state index in [9.17, 15) is 4.79 Å². The summed E-state index contributed by atoms with van der Waals surface area (Å²) in [6.45, 7) is 6.40. The predicted octanol–water partition coefficient (Wildman–Crippen LogP) is 3.83. The Morgan fingerprint density at radius 2 is 2.30 bits per heavy atom. The molecule has 1 aliphatic heterocycles. The SMILES string of the molecule is CC(C)(C)OC(=O)N1CCCC[C@@H]1CSc1cc(C#N)ccn1. The fourth-order valence-corrected chi connectivity index (χ4v) is 3.53. The average molecular weight is 333 g/mol. The summed E-state index contributed by atoms with van der Waals surface area (Å²) in [7, 11) is 0. The number of rotatable bonds is 3. The van der Waals surface area contributed by atoms with Crippen molar-refractivity contribution < 1.29 is 9.53 Å². The second kappa shape index (κ2) is 7.69. The maximum Gasteiger partial charge on any atom is 0.410 e. The van der Waals surface area contributed by atoms with Crippen LogP contribution in [0.15, 0.2) is 23.4 Å². The van der Waals surface area contributed by atoms with E-state index < -0.39 is 5.60 Å². The van der Waals surface area contributed by atoms with E-state index in [4.69, 9.17) is 10.00 Å². The highest BCUT2D eigenvalue weighted by molar-refractivity contribution is 7.99. The van der Waals surface area contributed by atoms with Crippen LogP contribution < -0.4 is 0 Å². The molecule has 1 saturated heterocycles. The Kier molecular flexibility index (Phi) is 5.89. The van der Waals surface area contributed by atoms with Gasteiger partial charge in [-0.3, -0.25) is 0 Å². The second-order valence-electron chi connectivity index (χ2n) is 6.63. The fourth-order valence-electron chi connectivity index (χ4n) is 2.47. The van der Waals surface area contributed by atoms with Gasteiger partial charge >= 0.3 is 6.09 Å². The quantitative estimate of drug-likeness (QED) is 0.786. The van der Waals surface area contributed by atoms with Crippen LogP contribution in [-0.4, -0.2) is 39.9 Å². The number of piperidine rings is 1. The fraction of sp³-hybridized carbons (Fsp3) is 0.588. The summed E-state index contributed by atoms with van der Waals surface area (Å²) >= 11 is 1.58. The Bertz CT molecular complexity index is 592. The van der Waals surface area contributed by atoms with Crippen molar-refractivity contribution in [2.24, 2.45) is 0 Å². The van der Waals surface area contributed by atoms with Gasteiger partial charge in [-0.2, -0.15) is 5.26 Å². The molecular weight excluding hydrogens is 310 g/mol.